The van der Waals surface area contributed by atoms with E-state index in [1.54, 1.807) is 6.07 Å². The predicted molar refractivity (Wildman–Crippen MR) is 241 cm³/mol. The van der Waals surface area contributed by atoms with Crippen molar-refractivity contribution >= 4 is 21.8 Å². The number of hydrogen-bond acceptors (Lipinski definition) is 3. The van der Waals surface area contributed by atoms with Gasteiger partial charge in [0, 0.05) is 33.2 Å². The van der Waals surface area contributed by atoms with Crippen molar-refractivity contribution in [3.63, 3.8) is 0 Å². The van der Waals surface area contributed by atoms with Gasteiger partial charge in [-0.2, -0.15) is 13.2 Å². The van der Waals surface area contributed by atoms with Gasteiger partial charge >= 0.3 is 6.18 Å². The van der Waals surface area contributed by atoms with Crippen LogP contribution in [0.1, 0.15) is 16.7 Å². The summed E-state index contributed by atoms with van der Waals surface area (Å²) in [6.45, 7) is 4.15. The smallest absolute Gasteiger partial charge is 0.309 e. The summed E-state index contributed by atoms with van der Waals surface area (Å²) in [4.78, 5) is 14.9. The van der Waals surface area contributed by atoms with E-state index in [1.165, 1.54) is 23.3 Å². The molecule has 0 aliphatic rings. The van der Waals surface area contributed by atoms with E-state index in [0.29, 0.717) is 34.2 Å². The maximum absolute atomic E-state index is 14.4. The monoisotopic (exact) mass is 798 g/mol. The van der Waals surface area contributed by atoms with Gasteiger partial charge in [0.2, 0.25) is 0 Å². The zero-order chi connectivity index (χ0) is 41.7. The summed E-state index contributed by atoms with van der Waals surface area (Å²) in [6.07, 6.45) is -4.55. The first-order valence-corrected chi connectivity index (χ1v) is 20.1. The lowest BCUT2D eigenvalue weighted by molar-refractivity contribution is -0.137. The fraction of sp³-hybridized carbons (Fsp3) is 0.0556. The maximum atomic E-state index is 14.4. The average Bonchev–Trinajstić information content (AvgIpc) is 3.62. The molecule has 0 fully saturated rings. The van der Waals surface area contributed by atoms with Crippen molar-refractivity contribution < 1.29 is 13.2 Å². The second-order valence-corrected chi connectivity index (χ2v) is 15.4. The Morgan fingerprint density at radius 3 is 1.36 bits per heavy atom. The van der Waals surface area contributed by atoms with E-state index in [2.05, 4.69) is 103 Å². The Kier molecular flexibility index (Phi) is 9.37. The predicted octanol–water partition coefficient (Wildman–Crippen LogP) is 14.6. The molecule has 0 atom stereocenters. The number of rotatable bonds is 7. The van der Waals surface area contributed by atoms with Crippen molar-refractivity contribution in [2.24, 2.45) is 0 Å². The highest BCUT2D eigenvalue weighted by Crippen LogP contribution is 2.41. The molecule has 0 radical (unpaired) electrons. The average molecular weight is 799 g/mol. The summed E-state index contributed by atoms with van der Waals surface area (Å²) in [7, 11) is 0. The van der Waals surface area contributed by atoms with Gasteiger partial charge in [-0.25, -0.2) is 15.0 Å². The minimum atomic E-state index is -4.55. The van der Waals surface area contributed by atoms with Crippen LogP contribution in [0.4, 0.5) is 13.2 Å². The van der Waals surface area contributed by atoms with E-state index in [9.17, 15) is 13.2 Å². The summed E-state index contributed by atoms with van der Waals surface area (Å²) in [5, 5.41) is 2.12. The third-order valence-electron chi connectivity index (χ3n) is 11.2. The number of halogens is 3. The standard InChI is InChI=1S/C54H37F3N4/c1-34-16-20-36(21-17-34)40-24-27-45-46-28-25-41(37-22-18-35(2)19-23-37)32-50(46)61(49(45)31-40)44-26-29-47(48(33-44)42-14-9-15-43(30-42)54(55,56)57)53-59-51(38-10-5-3-6-11-38)58-52(60-53)39-12-7-4-8-13-39/h3-33H,1-2H3. The van der Waals surface area contributed by atoms with E-state index in [-0.39, 0.29) is 0 Å². The van der Waals surface area contributed by atoms with Crippen LogP contribution in [0, 0.1) is 13.8 Å². The van der Waals surface area contributed by atoms with Gasteiger partial charge in [0.1, 0.15) is 0 Å². The van der Waals surface area contributed by atoms with E-state index in [4.69, 9.17) is 15.0 Å². The topological polar surface area (TPSA) is 43.6 Å². The number of aromatic nitrogens is 4. The van der Waals surface area contributed by atoms with E-state index in [0.717, 1.165) is 66.9 Å². The van der Waals surface area contributed by atoms with Gasteiger partial charge in [-0.15, -0.1) is 0 Å². The Labute approximate surface area is 351 Å². The first-order valence-electron chi connectivity index (χ1n) is 20.1. The Morgan fingerprint density at radius 2 is 0.852 bits per heavy atom. The number of nitrogens with zero attached hydrogens (tertiary/aromatic N) is 4. The number of benzene rings is 8. The molecule has 0 unspecified atom stereocenters. The van der Waals surface area contributed by atoms with E-state index in [1.807, 2.05) is 78.9 Å². The summed E-state index contributed by atoms with van der Waals surface area (Å²) in [5.74, 6) is 1.26. The van der Waals surface area contributed by atoms with Crippen LogP contribution in [0.25, 0.3) is 95.0 Å². The first kappa shape index (κ1) is 37.6. The fourth-order valence-electron chi connectivity index (χ4n) is 8.05. The van der Waals surface area contributed by atoms with E-state index < -0.39 is 11.7 Å². The molecule has 294 valence electrons. The summed E-state index contributed by atoms with van der Waals surface area (Å²) in [5.41, 5.74) is 11.7. The van der Waals surface area contributed by atoms with Crippen LogP contribution in [0.3, 0.4) is 0 Å². The number of aryl methyl sites for hydroxylation is 2. The largest absolute Gasteiger partial charge is 0.416 e. The molecule has 10 rings (SSSR count). The lowest BCUT2D eigenvalue weighted by Gasteiger charge is -2.17. The molecule has 0 N–H and O–H groups in total. The third kappa shape index (κ3) is 7.25. The molecular weight excluding hydrogens is 762 g/mol. The van der Waals surface area contributed by atoms with Crippen LogP contribution in [0.2, 0.25) is 0 Å². The van der Waals surface area contributed by atoms with Gasteiger partial charge in [0.25, 0.3) is 0 Å². The maximum Gasteiger partial charge on any atom is 0.416 e. The molecule has 2 aromatic heterocycles. The fourth-order valence-corrected chi connectivity index (χ4v) is 8.05. The van der Waals surface area contributed by atoms with Gasteiger partial charge in [0.05, 0.1) is 16.6 Å². The minimum absolute atomic E-state index is 0.345. The minimum Gasteiger partial charge on any atom is -0.309 e. The van der Waals surface area contributed by atoms with Crippen molar-refractivity contribution in [1.29, 1.82) is 0 Å². The van der Waals surface area contributed by atoms with Gasteiger partial charge < -0.3 is 4.57 Å². The summed E-state index contributed by atoms with van der Waals surface area (Å²) in [6, 6.07) is 60.6. The lowest BCUT2D eigenvalue weighted by Crippen LogP contribution is -2.05. The van der Waals surface area contributed by atoms with E-state index >= 15 is 0 Å². The number of fused-ring (bicyclic) bond motifs is 3. The SMILES string of the molecule is Cc1ccc(-c2ccc3c4ccc(-c5ccc(C)cc5)cc4n(-c4ccc(-c5nc(-c6ccccc6)nc(-c6ccccc6)n5)c(-c5cccc(C(F)(F)F)c5)c4)c3c2)cc1. The van der Waals surface area contributed by atoms with Crippen LogP contribution in [0.5, 0.6) is 0 Å². The molecule has 7 heteroatoms. The Bertz CT molecular complexity index is 3070. The van der Waals surface area contributed by atoms with Crippen LogP contribution < -0.4 is 0 Å². The lowest BCUT2D eigenvalue weighted by atomic mass is 9.96. The summed E-state index contributed by atoms with van der Waals surface area (Å²) < 4.78 is 45.4. The first-order chi connectivity index (χ1) is 29.7. The summed E-state index contributed by atoms with van der Waals surface area (Å²) >= 11 is 0. The second kappa shape index (κ2) is 15.2. The highest BCUT2D eigenvalue weighted by molar-refractivity contribution is 6.11. The van der Waals surface area contributed by atoms with Crippen LogP contribution in [-0.4, -0.2) is 19.5 Å². The van der Waals surface area contributed by atoms with Crippen LogP contribution >= 0.6 is 0 Å². The Hall–Kier alpha value is -7.64. The Balaban J connectivity index is 1.25. The normalized spacial score (nSPS) is 11.7. The zero-order valence-electron chi connectivity index (χ0n) is 33.3. The number of alkyl halides is 3. The van der Waals surface area contributed by atoms with Crippen molar-refractivity contribution in [2.45, 2.75) is 20.0 Å². The van der Waals surface area contributed by atoms with Crippen molar-refractivity contribution in [2.75, 3.05) is 0 Å². The third-order valence-corrected chi connectivity index (χ3v) is 11.2. The molecule has 0 saturated carbocycles. The quantitative estimate of drug-likeness (QED) is 0.161. The van der Waals surface area contributed by atoms with Gasteiger partial charge in [0.15, 0.2) is 17.5 Å². The van der Waals surface area contributed by atoms with Crippen molar-refractivity contribution in [1.82, 2.24) is 19.5 Å². The molecule has 8 aromatic carbocycles. The van der Waals surface area contributed by atoms with Gasteiger partial charge in [-0.05, 0) is 89.7 Å². The molecule has 0 spiro atoms. The molecular formula is C54H37F3N4. The zero-order valence-corrected chi connectivity index (χ0v) is 33.3. The van der Waals surface area contributed by atoms with Gasteiger partial charge in [-0.1, -0.05) is 157 Å². The molecule has 0 bridgehead atoms. The molecule has 0 aliphatic carbocycles. The van der Waals surface area contributed by atoms with Crippen molar-refractivity contribution in [3.8, 4) is 73.2 Å². The molecule has 0 aliphatic heterocycles. The van der Waals surface area contributed by atoms with Crippen LogP contribution in [0.15, 0.2) is 188 Å². The molecule has 4 nitrogen and oxygen atoms in total. The molecule has 10 aromatic rings. The Morgan fingerprint density at radius 1 is 0.377 bits per heavy atom. The molecule has 0 amide bonds. The molecule has 61 heavy (non-hydrogen) atoms. The van der Waals surface area contributed by atoms with Crippen molar-refractivity contribution in [3.05, 3.63) is 205 Å². The van der Waals surface area contributed by atoms with Crippen LogP contribution in [-0.2, 0) is 6.18 Å². The van der Waals surface area contributed by atoms with Gasteiger partial charge in [-0.3, -0.25) is 0 Å². The molecule has 0 saturated heterocycles. The highest BCUT2D eigenvalue weighted by Gasteiger charge is 2.31. The second-order valence-electron chi connectivity index (χ2n) is 15.4. The molecule has 2 heterocycles. The number of hydrogen-bond donors (Lipinski definition) is 0. The highest BCUT2D eigenvalue weighted by atomic mass is 19.4.